The number of methoxy groups -OCH3 is 1. The third-order valence-corrected chi connectivity index (χ3v) is 1.24. The molecule has 1 rings (SSSR count). The molecule has 0 fully saturated rings. The van der Waals surface area contributed by atoms with Gasteiger partial charge in [0, 0.05) is 0 Å². The molecule has 10 heavy (non-hydrogen) atoms. The van der Waals surface area contributed by atoms with Crippen LogP contribution >= 0.6 is 12.6 Å². The quantitative estimate of drug-likeness (QED) is 0.485. The molecule has 0 aliphatic heterocycles. The van der Waals surface area contributed by atoms with E-state index in [1.54, 1.807) is 0 Å². The molecule has 0 amide bonds. The molecule has 0 saturated carbocycles. The second-order valence-electron chi connectivity index (χ2n) is 1.50. The van der Waals surface area contributed by atoms with E-state index in [0.717, 1.165) is 6.39 Å². The molecule has 0 aliphatic rings. The number of thiol groups is 1. The first kappa shape index (κ1) is 7.14. The summed E-state index contributed by atoms with van der Waals surface area (Å²) in [6.07, 6.45) is 1.13. The highest BCUT2D eigenvalue weighted by atomic mass is 32.1. The van der Waals surface area contributed by atoms with Crippen LogP contribution in [0, 0.1) is 0 Å². The predicted molar refractivity (Wildman–Crippen MR) is 35.1 cm³/mol. The molecular formula is C5H5NO3S. The van der Waals surface area contributed by atoms with Crippen molar-refractivity contribution in [3.63, 3.8) is 0 Å². The highest BCUT2D eigenvalue weighted by Gasteiger charge is 2.13. The summed E-state index contributed by atoms with van der Waals surface area (Å²) in [4.78, 5) is 14.3. The Morgan fingerprint density at radius 2 is 2.60 bits per heavy atom. The van der Waals surface area contributed by atoms with Gasteiger partial charge in [-0.2, -0.15) is 0 Å². The number of ether oxygens (including phenoxy) is 1. The lowest BCUT2D eigenvalue weighted by molar-refractivity contribution is 0.0560. The van der Waals surface area contributed by atoms with E-state index in [1.807, 2.05) is 0 Å². The van der Waals surface area contributed by atoms with Crippen LogP contribution in [0.4, 0.5) is 0 Å². The molecule has 5 heteroatoms. The normalized spacial score (nSPS) is 9.40. The van der Waals surface area contributed by atoms with E-state index in [0.29, 0.717) is 0 Å². The molecule has 0 spiro atoms. The van der Waals surface area contributed by atoms with E-state index < -0.39 is 5.97 Å². The third kappa shape index (κ3) is 1.13. The summed E-state index contributed by atoms with van der Waals surface area (Å²) in [6, 6.07) is 0. The Hall–Kier alpha value is -0.970. The minimum atomic E-state index is -0.567. The lowest BCUT2D eigenvalue weighted by atomic mass is 10.5. The van der Waals surface area contributed by atoms with E-state index in [9.17, 15) is 4.79 Å². The smallest absolute Gasteiger partial charge is 0.376 e. The second-order valence-corrected chi connectivity index (χ2v) is 1.92. The van der Waals surface area contributed by atoms with Gasteiger partial charge in [0.25, 0.3) is 0 Å². The minimum absolute atomic E-state index is 0.0332. The van der Waals surface area contributed by atoms with Crippen LogP contribution in [0.5, 0.6) is 0 Å². The van der Waals surface area contributed by atoms with Crippen LogP contribution < -0.4 is 0 Å². The lowest BCUT2D eigenvalue weighted by Gasteiger charge is -1.91. The van der Waals surface area contributed by atoms with Crippen molar-refractivity contribution < 1.29 is 13.9 Å². The second kappa shape index (κ2) is 2.74. The predicted octanol–water partition coefficient (Wildman–Crippen LogP) is 0.750. The van der Waals surface area contributed by atoms with Gasteiger partial charge < -0.3 is 9.15 Å². The van der Waals surface area contributed by atoms with Crippen molar-refractivity contribution in [1.29, 1.82) is 0 Å². The summed E-state index contributed by atoms with van der Waals surface area (Å²) < 4.78 is 9.01. The van der Waals surface area contributed by atoms with Crippen molar-refractivity contribution in [1.82, 2.24) is 4.98 Å². The first-order chi connectivity index (χ1) is 4.75. The number of nitrogens with zero attached hydrogens (tertiary/aromatic N) is 1. The minimum Gasteiger partial charge on any atom is -0.463 e. The molecule has 0 aliphatic carbocycles. The molecule has 0 unspecified atom stereocenters. The van der Waals surface area contributed by atoms with Crippen molar-refractivity contribution in [3.8, 4) is 0 Å². The Labute approximate surface area is 62.6 Å². The fourth-order valence-electron chi connectivity index (χ4n) is 0.472. The Morgan fingerprint density at radius 3 is 3.00 bits per heavy atom. The van der Waals surface area contributed by atoms with E-state index >= 15 is 0 Å². The van der Waals surface area contributed by atoms with Crippen molar-refractivity contribution in [2.45, 2.75) is 5.03 Å². The zero-order valence-corrected chi connectivity index (χ0v) is 6.09. The van der Waals surface area contributed by atoms with E-state index in [4.69, 9.17) is 0 Å². The molecule has 54 valence electrons. The van der Waals surface area contributed by atoms with Gasteiger partial charge in [-0.25, -0.2) is 9.78 Å². The summed E-state index contributed by atoms with van der Waals surface area (Å²) in [5.74, 6) is -0.534. The SMILES string of the molecule is COC(=O)c1ocnc1S. The third-order valence-electron chi connectivity index (χ3n) is 0.919. The van der Waals surface area contributed by atoms with Crippen LogP contribution in [0.2, 0.25) is 0 Å². The van der Waals surface area contributed by atoms with Gasteiger partial charge in [0.05, 0.1) is 7.11 Å². The molecule has 4 nitrogen and oxygen atoms in total. The molecule has 0 N–H and O–H groups in total. The Kier molecular flexibility index (Phi) is 1.96. The number of carbonyl (C=O) groups is 1. The maximum absolute atomic E-state index is 10.7. The molecule has 0 aromatic carbocycles. The van der Waals surface area contributed by atoms with Gasteiger partial charge >= 0.3 is 5.97 Å². The van der Waals surface area contributed by atoms with Crippen molar-refractivity contribution in [2.24, 2.45) is 0 Å². The van der Waals surface area contributed by atoms with Crippen LogP contribution in [0.15, 0.2) is 15.8 Å². The number of oxazole rings is 1. The van der Waals surface area contributed by atoms with Gasteiger partial charge in [-0.3, -0.25) is 0 Å². The maximum atomic E-state index is 10.7. The van der Waals surface area contributed by atoms with E-state index in [-0.39, 0.29) is 10.8 Å². The van der Waals surface area contributed by atoms with E-state index in [2.05, 4.69) is 26.8 Å². The fraction of sp³-hybridized carbons (Fsp3) is 0.200. The van der Waals surface area contributed by atoms with Crippen LogP contribution in [0.1, 0.15) is 10.6 Å². The average molecular weight is 159 g/mol. The Balaban J connectivity index is 2.93. The highest BCUT2D eigenvalue weighted by molar-refractivity contribution is 7.80. The van der Waals surface area contributed by atoms with Gasteiger partial charge in [-0.1, -0.05) is 0 Å². The summed E-state index contributed by atoms with van der Waals surface area (Å²) in [5, 5.41) is 0.242. The maximum Gasteiger partial charge on any atom is 0.376 e. The standard InChI is InChI=1S/C5H5NO3S/c1-8-5(7)3-4(10)6-2-9-3/h2,10H,1H3. The van der Waals surface area contributed by atoms with Crippen LogP contribution in [-0.2, 0) is 4.74 Å². The molecule has 1 aromatic heterocycles. The van der Waals surface area contributed by atoms with Gasteiger partial charge in [-0.15, -0.1) is 12.6 Å². The number of rotatable bonds is 1. The van der Waals surface area contributed by atoms with Crippen LogP contribution in [-0.4, -0.2) is 18.1 Å². The van der Waals surface area contributed by atoms with Crippen molar-refractivity contribution >= 4 is 18.6 Å². The summed E-state index contributed by atoms with van der Waals surface area (Å²) >= 11 is 3.84. The van der Waals surface area contributed by atoms with Crippen molar-refractivity contribution in [2.75, 3.05) is 7.11 Å². The van der Waals surface area contributed by atoms with Gasteiger partial charge in [0.15, 0.2) is 6.39 Å². The molecular weight excluding hydrogens is 154 g/mol. The van der Waals surface area contributed by atoms with E-state index in [1.165, 1.54) is 7.11 Å². The van der Waals surface area contributed by atoms with Crippen molar-refractivity contribution in [3.05, 3.63) is 12.2 Å². The summed E-state index contributed by atoms with van der Waals surface area (Å²) in [6.45, 7) is 0. The molecule has 1 heterocycles. The summed E-state index contributed by atoms with van der Waals surface area (Å²) in [7, 11) is 1.26. The molecule has 0 saturated heterocycles. The topological polar surface area (TPSA) is 52.3 Å². The molecule has 0 atom stereocenters. The number of esters is 1. The van der Waals surface area contributed by atoms with Crippen LogP contribution in [0.3, 0.4) is 0 Å². The first-order valence-corrected chi connectivity index (χ1v) is 2.91. The number of carbonyl (C=O) groups excluding carboxylic acids is 1. The van der Waals surface area contributed by atoms with Gasteiger partial charge in [0.2, 0.25) is 5.76 Å². The monoisotopic (exact) mass is 159 g/mol. The largest absolute Gasteiger partial charge is 0.463 e. The zero-order valence-electron chi connectivity index (χ0n) is 5.20. The average Bonchev–Trinajstić information content (AvgIpc) is 2.34. The first-order valence-electron chi connectivity index (χ1n) is 2.46. The van der Waals surface area contributed by atoms with Gasteiger partial charge in [-0.05, 0) is 0 Å². The van der Waals surface area contributed by atoms with Gasteiger partial charge in [0.1, 0.15) is 5.03 Å². The molecule has 1 aromatic rings. The number of hydrogen-bond acceptors (Lipinski definition) is 5. The Morgan fingerprint density at radius 1 is 1.90 bits per heavy atom. The molecule has 0 radical (unpaired) electrons. The van der Waals surface area contributed by atoms with Crippen LogP contribution in [0.25, 0.3) is 0 Å². The Bertz CT molecular complexity index is 245. The lowest BCUT2D eigenvalue weighted by Crippen LogP contribution is -1.99. The number of aromatic nitrogens is 1. The number of hydrogen-bond donors (Lipinski definition) is 1. The summed E-state index contributed by atoms with van der Waals surface area (Å²) in [5.41, 5.74) is 0. The molecule has 0 bridgehead atoms. The zero-order chi connectivity index (χ0) is 7.56. The highest BCUT2D eigenvalue weighted by Crippen LogP contribution is 2.10. The fourth-order valence-corrected chi connectivity index (χ4v) is 0.664.